The molecule has 1 fully saturated rings. The molecule has 0 radical (unpaired) electrons. The minimum atomic E-state index is 0.641. The molecule has 2 aliphatic heterocycles. The molecule has 3 nitrogen and oxygen atoms in total. The molecule has 2 heterocycles. The van der Waals surface area contributed by atoms with Gasteiger partial charge in [-0.05, 0) is 56.0 Å². The summed E-state index contributed by atoms with van der Waals surface area (Å²) in [6.45, 7) is 3.07. The molecule has 0 aliphatic carbocycles. The quantitative estimate of drug-likeness (QED) is 0.838. The Morgan fingerprint density at radius 2 is 2.35 bits per heavy atom. The number of hydrogen-bond acceptors (Lipinski definition) is 3. The zero-order chi connectivity index (χ0) is 11.5. The average Bonchev–Trinajstić information content (AvgIpc) is 2.89. The standard InChI is InChI=1S/C14H20N2O/c1-4-13(15-7-1)10-16-12-5-6-14-11(9-12)3-2-8-17-14/h5-6,9,13,15-16H,1-4,7-8,10H2. The molecular formula is C14H20N2O. The lowest BCUT2D eigenvalue weighted by Gasteiger charge is -2.19. The van der Waals surface area contributed by atoms with Gasteiger partial charge in [-0.3, -0.25) is 0 Å². The van der Waals surface area contributed by atoms with Crippen LogP contribution < -0.4 is 15.4 Å². The Morgan fingerprint density at radius 1 is 1.35 bits per heavy atom. The Balaban J connectivity index is 1.62. The molecule has 1 aromatic rings. The fourth-order valence-electron chi connectivity index (χ4n) is 2.64. The van der Waals surface area contributed by atoms with Crippen molar-refractivity contribution in [2.75, 3.05) is 25.0 Å². The first-order valence-corrected chi connectivity index (χ1v) is 6.65. The van der Waals surface area contributed by atoms with Gasteiger partial charge in [-0.2, -0.15) is 0 Å². The molecule has 1 aromatic carbocycles. The van der Waals surface area contributed by atoms with Crippen LogP contribution in [0.4, 0.5) is 5.69 Å². The van der Waals surface area contributed by atoms with Gasteiger partial charge >= 0.3 is 0 Å². The van der Waals surface area contributed by atoms with E-state index < -0.39 is 0 Å². The van der Waals surface area contributed by atoms with Crippen LogP contribution in [0.3, 0.4) is 0 Å². The number of aryl methyl sites for hydroxylation is 1. The smallest absolute Gasteiger partial charge is 0.122 e. The first-order chi connectivity index (χ1) is 8.42. The van der Waals surface area contributed by atoms with Crippen molar-refractivity contribution >= 4 is 5.69 Å². The lowest BCUT2D eigenvalue weighted by molar-refractivity contribution is 0.288. The van der Waals surface area contributed by atoms with Crippen LogP contribution in [0.2, 0.25) is 0 Å². The summed E-state index contributed by atoms with van der Waals surface area (Å²) in [6, 6.07) is 7.10. The Labute approximate surface area is 103 Å². The summed E-state index contributed by atoms with van der Waals surface area (Å²) in [4.78, 5) is 0. The van der Waals surface area contributed by atoms with Crippen molar-refractivity contribution in [1.82, 2.24) is 5.32 Å². The van der Waals surface area contributed by atoms with Crippen LogP contribution in [0.15, 0.2) is 18.2 Å². The molecule has 1 atom stereocenters. The highest BCUT2D eigenvalue weighted by Gasteiger charge is 2.14. The summed E-state index contributed by atoms with van der Waals surface area (Å²) >= 11 is 0. The molecule has 0 spiro atoms. The molecule has 0 bridgehead atoms. The van der Waals surface area contributed by atoms with E-state index in [1.165, 1.54) is 30.6 Å². The third-order valence-corrected chi connectivity index (χ3v) is 3.62. The van der Waals surface area contributed by atoms with Gasteiger partial charge in [0.25, 0.3) is 0 Å². The van der Waals surface area contributed by atoms with E-state index in [0.717, 1.165) is 31.7 Å². The molecule has 0 aromatic heterocycles. The number of anilines is 1. The molecular weight excluding hydrogens is 212 g/mol. The van der Waals surface area contributed by atoms with Crippen LogP contribution in [0.5, 0.6) is 5.75 Å². The Bertz CT molecular complexity index is 386. The molecule has 92 valence electrons. The van der Waals surface area contributed by atoms with Crippen LogP contribution >= 0.6 is 0 Å². The maximum Gasteiger partial charge on any atom is 0.122 e. The van der Waals surface area contributed by atoms with E-state index in [4.69, 9.17) is 4.74 Å². The summed E-state index contributed by atoms with van der Waals surface area (Å²) in [7, 11) is 0. The van der Waals surface area contributed by atoms with Gasteiger partial charge in [0.1, 0.15) is 5.75 Å². The molecule has 3 rings (SSSR count). The first kappa shape index (κ1) is 10.9. The van der Waals surface area contributed by atoms with Gasteiger partial charge in [0.15, 0.2) is 0 Å². The van der Waals surface area contributed by atoms with Gasteiger partial charge < -0.3 is 15.4 Å². The highest BCUT2D eigenvalue weighted by atomic mass is 16.5. The molecule has 0 saturated carbocycles. The van der Waals surface area contributed by atoms with Crippen LogP contribution in [0.25, 0.3) is 0 Å². The molecule has 0 amide bonds. The molecule has 17 heavy (non-hydrogen) atoms. The summed E-state index contributed by atoms with van der Waals surface area (Å²) < 4.78 is 5.62. The topological polar surface area (TPSA) is 33.3 Å². The fraction of sp³-hybridized carbons (Fsp3) is 0.571. The lowest BCUT2D eigenvalue weighted by Crippen LogP contribution is -2.29. The van der Waals surface area contributed by atoms with Crippen LogP contribution in [0.1, 0.15) is 24.8 Å². The van der Waals surface area contributed by atoms with E-state index in [0.29, 0.717) is 6.04 Å². The van der Waals surface area contributed by atoms with Crippen LogP contribution in [0, 0.1) is 0 Å². The van der Waals surface area contributed by atoms with Crippen LogP contribution in [-0.2, 0) is 6.42 Å². The van der Waals surface area contributed by atoms with Crippen molar-refractivity contribution in [2.45, 2.75) is 31.7 Å². The van der Waals surface area contributed by atoms with Crippen molar-refractivity contribution in [3.63, 3.8) is 0 Å². The summed E-state index contributed by atoms with van der Waals surface area (Å²) in [5.41, 5.74) is 2.57. The molecule has 2 N–H and O–H groups in total. The Kier molecular flexibility index (Phi) is 3.18. The van der Waals surface area contributed by atoms with Gasteiger partial charge in [0.05, 0.1) is 6.61 Å². The summed E-state index contributed by atoms with van der Waals surface area (Å²) in [5, 5.41) is 7.02. The van der Waals surface area contributed by atoms with Gasteiger partial charge in [0.2, 0.25) is 0 Å². The van der Waals surface area contributed by atoms with Gasteiger partial charge in [-0.1, -0.05) is 0 Å². The lowest BCUT2D eigenvalue weighted by atomic mass is 10.1. The average molecular weight is 232 g/mol. The number of ether oxygens (including phenoxy) is 1. The van der Waals surface area contributed by atoms with Crippen molar-refractivity contribution in [1.29, 1.82) is 0 Å². The molecule has 1 saturated heterocycles. The fourth-order valence-corrected chi connectivity index (χ4v) is 2.64. The Hall–Kier alpha value is -1.22. The van der Waals surface area contributed by atoms with Crippen molar-refractivity contribution in [3.05, 3.63) is 23.8 Å². The second-order valence-corrected chi connectivity index (χ2v) is 4.95. The molecule has 2 aliphatic rings. The van der Waals surface area contributed by atoms with Crippen molar-refractivity contribution < 1.29 is 4.74 Å². The number of fused-ring (bicyclic) bond motifs is 1. The summed E-state index contributed by atoms with van der Waals surface area (Å²) in [6.07, 6.45) is 4.89. The number of nitrogens with one attached hydrogen (secondary N) is 2. The second-order valence-electron chi connectivity index (χ2n) is 4.95. The minimum absolute atomic E-state index is 0.641. The first-order valence-electron chi connectivity index (χ1n) is 6.65. The Morgan fingerprint density at radius 3 is 3.24 bits per heavy atom. The van der Waals surface area contributed by atoms with E-state index in [1.807, 2.05) is 0 Å². The zero-order valence-corrected chi connectivity index (χ0v) is 10.2. The predicted molar refractivity (Wildman–Crippen MR) is 69.8 cm³/mol. The number of rotatable bonds is 3. The van der Waals surface area contributed by atoms with E-state index in [1.54, 1.807) is 0 Å². The normalized spacial score (nSPS) is 22.9. The number of benzene rings is 1. The second kappa shape index (κ2) is 4.96. The van der Waals surface area contributed by atoms with Crippen molar-refractivity contribution in [3.8, 4) is 5.75 Å². The molecule has 1 unspecified atom stereocenters. The SMILES string of the molecule is c1cc2c(cc1NCC1CCCN1)CCCO2. The van der Waals surface area contributed by atoms with Gasteiger partial charge in [-0.15, -0.1) is 0 Å². The monoisotopic (exact) mass is 232 g/mol. The van der Waals surface area contributed by atoms with E-state index in [-0.39, 0.29) is 0 Å². The van der Waals surface area contributed by atoms with Crippen LogP contribution in [-0.4, -0.2) is 25.7 Å². The van der Waals surface area contributed by atoms with Gasteiger partial charge in [-0.25, -0.2) is 0 Å². The number of hydrogen-bond donors (Lipinski definition) is 2. The maximum atomic E-state index is 5.62. The van der Waals surface area contributed by atoms with Gasteiger partial charge in [0, 0.05) is 18.3 Å². The maximum absolute atomic E-state index is 5.62. The predicted octanol–water partition coefficient (Wildman–Crippen LogP) is 2.18. The van der Waals surface area contributed by atoms with Crippen molar-refractivity contribution in [2.24, 2.45) is 0 Å². The third kappa shape index (κ3) is 2.55. The highest BCUT2D eigenvalue weighted by molar-refractivity contribution is 5.51. The largest absolute Gasteiger partial charge is 0.493 e. The van der Waals surface area contributed by atoms with E-state index in [9.17, 15) is 0 Å². The molecule has 3 heteroatoms. The summed E-state index contributed by atoms with van der Waals surface area (Å²) in [5.74, 6) is 1.07. The zero-order valence-electron chi connectivity index (χ0n) is 10.2. The van der Waals surface area contributed by atoms with E-state index in [2.05, 4.69) is 28.8 Å². The third-order valence-electron chi connectivity index (χ3n) is 3.62. The highest BCUT2D eigenvalue weighted by Crippen LogP contribution is 2.27. The minimum Gasteiger partial charge on any atom is -0.493 e. The van der Waals surface area contributed by atoms with E-state index >= 15 is 0 Å².